The third-order valence-corrected chi connectivity index (χ3v) is 5.77. The maximum Gasteiger partial charge on any atom is 0.416 e. The predicted molar refractivity (Wildman–Crippen MR) is 134 cm³/mol. The summed E-state index contributed by atoms with van der Waals surface area (Å²) in [5.74, 6) is 0.314. The fourth-order valence-electron chi connectivity index (χ4n) is 3.83. The van der Waals surface area contributed by atoms with Gasteiger partial charge in [-0.3, -0.25) is 19.6 Å². The summed E-state index contributed by atoms with van der Waals surface area (Å²) in [4.78, 5) is 23.3. The average molecular weight is 524 g/mol. The van der Waals surface area contributed by atoms with Gasteiger partial charge >= 0.3 is 6.18 Å². The Morgan fingerprint density at radius 2 is 1.76 bits per heavy atom. The molecule has 0 saturated carbocycles. The van der Waals surface area contributed by atoms with E-state index >= 15 is 0 Å². The molecule has 4 aromatic rings. The summed E-state index contributed by atoms with van der Waals surface area (Å²) < 4.78 is 46.3. The maximum absolute atomic E-state index is 13.0. The van der Waals surface area contributed by atoms with Gasteiger partial charge in [0.15, 0.2) is 5.82 Å². The lowest BCUT2D eigenvalue weighted by atomic mass is 10.1. The van der Waals surface area contributed by atoms with Gasteiger partial charge in [-0.15, -0.1) is 0 Å². The van der Waals surface area contributed by atoms with E-state index in [4.69, 9.17) is 4.74 Å². The molecule has 0 spiro atoms. The van der Waals surface area contributed by atoms with Crippen LogP contribution in [-0.4, -0.2) is 20.6 Å². The molecule has 8 nitrogen and oxygen atoms in total. The number of ether oxygens (including phenoxy) is 1. The van der Waals surface area contributed by atoms with Crippen LogP contribution in [0, 0.1) is 24.0 Å². The van der Waals surface area contributed by atoms with E-state index in [0.717, 1.165) is 12.1 Å². The molecule has 196 valence electrons. The second kappa shape index (κ2) is 10.8. The molecule has 38 heavy (non-hydrogen) atoms. The molecule has 0 aliphatic rings. The maximum atomic E-state index is 13.0. The van der Waals surface area contributed by atoms with Crippen LogP contribution in [0.15, 0.2) is 72.8 Å². The SMILES string of the molecule is Cc1cc(OCc2cccc(C(=O)Nc3cc(C)n(Cc4cccc(C(F)(F)F)c4)n3)c2)ccc1[N+](=O)[O-]. The second-order valence-electron chi connectivity index (χ2n) is 8.68. The van der Waals surface area contributed by atoms with Gasteiger partial charge in [0, 0.05) is 29.0 Å². The second-order valence-corrected chi connectivity index (χ2v) is 8.68. The van der Waals surface area contributed by atoms with Crippen LogP contribution in [0.4, 0.5) is 24.7 Å². The molecule has 0 aliphatic carbocycles. The fraction of sp³-hybridized carbons (Fsp3) is 0.185. The van der Waals surface area contributed by atoms with Crippen LogP contribution in [0.3, 0.4) is 0 Å². The molecule has 0 aliphatic heterocycles. The average Bonchev–Trinajstić information content (AvgIpc) is 3.20. The molecule has 0 fully saturated rings. The molecular weight excluding hydrogens is 501 g/mol. The van der Waals surface area contributed by atoms with Gasteiger partial charge in [-0.1, -0.05) is 24.3 Å². The molecule has 1 aromatic heterocycles. The fourth-order valence-corrected chi connectivity index (χ4v) is 3.83. The van der Waals surface area contributed by atoms with E-state index in [-0.39, 0.29) is 24.7 Å². The van der Waals surface area contributed by atoms with Crippen LogP contribution in [0.1, 0.15) is 38.3 Å². The first-order valence-electron chi connectivity index (χ1n) is 11.5. The first-order valence-corrected chi connectivity index (χ1v) is 11.5. The number of amides is 1. The van der Waals surface area contributed by atoms with Gasteiger partial charge in [0.1, 0.15) is 12.4 Å². The van der Waals surface area contributed by atoms with Gasteiger partial charge in [0.25, 0.3) is 11.6 Å². The number of benzene rings is 3. The Balaban J connectivity index is 1.41. The highest BCUT2D eigenvalue weighted by atomic mass is 19.4. The number of carbonyl (C=O) groups is 1. The summed E-state index contributed by atoms with van der Waals surface area (Å²) in [6, 6.07) is 17.9. The van der Waals surface area contributed by atoms with Crippen molar-refractivity contribution in [3.05, 3.63) is 116 Å². The van der Waals surface area contributed by atoms with E-state index in [1.165, 1.54) is 22.9 Å². The Morgan fingerprint density at radius 3 is 2.47 bits per heavy atom. The van der Waals surface area contributed by atoms with Crippen LogP contribution < -0.4 is 10.1 Å². The Morgan fingerprint density at radius 1 is 1.03 bits per heavy atom. The zero-order chi connectivity index (χ0) is 27.4. The summed E-state index contributed by atoms with van der Waals surface area (Å²) in [6.07, 6.45) is -4.44. The normalized spacial score (nSPS) is 11.3. The monoisotopic (exact) mass is 524 g/mol. The van der Waals surface area contributed by atoms with E-state index < -0.39 is 22.6 Å². The molecule has 3 aromatic carbocycles. The number of aromatic nitrogens is 2. The van der Waals surface area contributed by atoms with Crippen molar-refractivity contribution < 1.29 is 27.6 Å². The van der Waals surface area contributed by atoms with Crippen molar-refractivity contribution in [3.8, 4) is 5.75 Å². The van der Waals surface area contributed by atoms with Crippen LogP contribution in [0.2, 0.25) is 0 Å². The number of rotatable bonds is 8. The Labute approximate surface area is 215 Å². The molecule has 1 heterocycles. The Bertz CT molecular complexity index is 1500. The predicted octanol–water partition coefficient (Wildman–Crippen LogP) is 6.31. The third-order valence-electron chi connectivity index (χ3n) is 5.77. The van der Waals surface area contributed by atoms with Gasteiger partial charge in [-0.2, -0.15) is 18.3 Å². The number of nitro groups is 1. The lowest BCUT2D eigenvalue weighted by Gasteiger charge is -2.10. The van der Waals surface area contributed by atoms with Crippen LogP contribution in [-0.2, 0) is 19.3 Å². The highest BCUT2D eigenvalue weighted by Gasteiger charge is 2.30. The van der Waals surface area contributed by atoms with E-state index in [9.17, 15) is 28.1 Å². The van der Waals surface area contributed by atoms with E-state index in [1.807, 2.05) is 0 Å². The molecule has 1 N–H and O–H groups in total. The minimum atomic E-state index is -4.44. The number of alkyl halides is 3. The third kappa shape index (κ3) is 6.36. The molecule has 0 radical (unpaired) electrons. The van der Waals surface area contributed by atoms with Crippen molar-refractivity contribution in [2.75, 3.05) is 5.32 Å². The first-order chi connectivity index (χ1) is 18.0. The van der Waals surface area contributed by atoms with E-state index in [2.05, 4.69) is 10.4 Å². The van der Waals surface area contributed by atoms with Crippen molar-refractivity contribution in [1.29, 1.82) is 0 Å². The number of hydrogen-bond acceptors (Lipinski definition) is 5. The summed E-state index contributed by atoms with van der Waals surface area (Å²) >= 11 is 0. The smallest absolute Gasteiger partial charge is 0.416 e. The zero-order valence-electron chi connectivity index (χ0n) is 20.5. The number of carbonyl (C=O) groups excluding carboxylic acids is 1. The summed E-state index contributed by atoms with van der Waals surface area (Å²) in [5.41, 5.74) is 1.90. The molecule has 0 atom stereocenters. The highest BCUT2D eigenvalue weighted by Crippen LogP contribution is 2.30. The number of hydrogen-bond donors (Lipinski definition) is 1. The minimum absolute atomic E-state index is 0.00326. The van der Waals surface area contributed by atoms with Crippen molar-refractivity contribution in [2.24, 2.45) is 0 Å². The molecular formula is C27H23F3N4O4. The lowest BCUT2D eigenvalue weighted by molar-refractivity contribution is -0.385. The van der Waals surface area contributed by atoms with Crippen LogP contribution >= 0.6 is 0 Å². The molecule has 4 rings (SSSR count). The molecule has 1 amide bonds. The van der Waals surface area contributed by atoms with Gasteiger partial charge in [-0.05, 0) is 61.4 Å². The minimum Gasteiger partial charge on any atom is -0.489 e. The number of nitrogens with zero attached hydrogens (tertiary/aromatic N) is 3. The van der Waals surface area contributed by atoms with Gasteiger partial charge < -0.3 is 10.1 Å². The number of halogens is 3. The van der Waals surface area contributed by atoms with Gasteiger partial charge in [0.05, 0.1) is 17.0 Å². The van der Waals surface area contributed by atoms with Crippen molar-refractivity contribution >= 4 is 17.4 Å². The van der Waals surface area contributed by atoms with Crippen molar-refractivity contribution in [2.45, 2.75) is 33.2 Å². The Kier molecular flexibility index (Phi) is 7.47. The topological polar surface area (TPSA) is 99.3 Å². The quantitative estimate of drug-likeness (QED) is 0.215. The van der Waals surface area contributed by atoms with Crippen LogP contribution in [0.25, 0.3) is 0 Å². The molecule has 11 heteroatoms. The van der Waals surface area contributed by atoms with Crippen molar-refractivity contribution in [3.63, 3.8) is 0 Å². The largest absolute Gasteiger partial charge is 0.489 e. The molecule has 0 saturated heterocycles. The zero-order valence-corrected chi connectivity index (χ0v) is 20.5. The van der Waals surface area contributed by atoms with Crippen LogP contribution in [0.5, 0.6) is 5.75 Å². The Hall–Kier alpha value is -4.67. The number of aryl methyl sites for hydroxylation is 2. The summed E-state index contributed by atoms with van der Waals surface area (Å²) in [5, 5.41) is 18.0. The number of nitro benzene ring substituents is 1. The molecule has 0 unspecified atom stereocenters. The van der Waals surface area contributed by atoms with Crippen molar-refractivity contribution in [1.82, 2.24) is 9.78 Å². The van der Waals surface area contributed by atoms with E-state index in [1.54, 1.807) is 56.3 Å². The van der Waals surface area contributed by atoms with E-state index in [0.29, 0.717) is 33.7 Å². The standard InChI is InChI=1S/C27H23F3N4O4/c1-17-11-23(9-10-24(17)34(36)37)38-16-20-6-3-7-21(13-20)26(35)31-25-12-18(2)33(32-25)15-19-5-4-8-22(14-19)27(28,29)30/h3-14H,15-16H2,1-2H3,(H,31,32,35). The highest BCUT2D eigenvalue weighted by molar-refractivity contribution is 6.03. The first kappa shape index (κ1) is 26.4. The number of anilines is 1. The lowest BCUT2D eigenvalue weighted by Crippen LogP contribution is -2.13. The molecule has 0 bridgehead atoms. The van der Waals surface area contributed by atoms with Gasteiger partial charge in [0.2, 0.25) is 0 Å². The summed E-state index contributed by atoms with van der Waals surface area (Å²) in [6.45, 7) is 3.62. The summed E-state index contributed by atoms with van der Waals surface area (Å²) in [7, 11) is 0. The van der Waals surface area contributed by atoms with Gasteiger partial charge in [-0.25, -0.2) is 0 Å². The number of nitrogens with one attached hydrogen (secondary N) is 1.